The number of amides is 2. The number of ether oxygens (including phenoxy) is 1. The van der Waals surface area contributed by atoms with Gasteiger partial charge in [-0.1, -0.05) is 53.0 Å². The first-order chi connectivity index (χ1) is 22.5. The number of nitrogens with zero attached hydrogens (tertiary/aromatic N) is 2. The van der Waals surface area contributed by atoms with Crippen molar-refractivity contribution >= 4 is 55.8 Å². The maximum absolute atomic E-state index is 15.0. The molecule has 0 radical (unpaired) electrons. The molecule has 47 heavy (non-hydrogen) atoms. The molecule has 3 aromatic carbocycles. The molecule has 2 saturated heterocycles. The molecule has 6 rings (SSSR count). The number of benzene rings is 3. The summed E-state index contributed by atoms with van der Waals surface area (Å²) >= 11 is 12.2. The minimum Gasteiger partial charge on any atom is -0.379 e. The summed E-state index contributed by atoms with van der Waals surface area (Å²) in [5.74, 6) is -2.01. The van der Waals surface area contributed by atoms with Gasteiger partial charge in [0.25, 0.3) is 0 Å². The van der Waals surface area contributed by atoms with Gasteiger partial charge in [0.05, 0.1) is 35.6 Å². The normalized spacial score (nSPS) is 20.6. The number of aromatic amines is 1. The number of sulfone groups is 1. The number of aromatic nitrogens is 1. The number of rotatable bonds is 10. The zero-order valence-corrected chi connectivity index (χ0v) is 28.1. The predicted molar refractivity (Wildman–Crippen MR) is 179 cm³/mol. The Hall–Kier alpha value is -3.48. The van der Waals surface area contributed by atoms with Crippen molar-refractivity contribution in [3.63, 3.8) is 0 Å². The van der Waals surface area contributed by atoms with Crippen molar-refractivity contribution < 1.29 is 27.1 Å². The Bertz CT molecular complexity index is 1910. The fourth-order valence-corrected chi connectivity index (χ4v) is 8.96. The number of morpholine rings is 1. The van der Waals surface area contributed by atoms with Crippen molar-refractivity contribution in [2.24, 2.45) is 0 Å². The molecule has 1 unspecified atom stereocenters. The number of nitrogens with one attached hydrogen (secondary N) is 2. The lowest BCUT2D eigenvalue weighted by Gasteiger charge is -2.36. The number of hydrogen-bond donors (Lipinski definition) is 2. The van der Waals surface area contributed by atoms with Gasteiger partial charge in [-0.25, -0.2) is 12.8 Å². The minimum atomic E-state index is -4.54. The van der Waals surface area contributed by atoms with Crippen molar-refractivity contribution in [3.05, 3.63) is 99.4 Å². The van der Waals surface area contributed by atoms with Crippen LogP contribution in [0.2, 0.25) is 10.0 Å². The van der Waals surface area contributed by atoms with Crippen LogP contribution in [-0.2, 0) is 30.7 Å². The zero-order chi connectivity index (χ0) is 33.3. The molecule has 2 atom stereocenters. The van der Waals surface area contributed by atoms with Gasteiger partial charge in [0.2, 0.25) is 11.8 Å². The summed E-state index contributed by atoms with van der Waals surface area (Å²) in [5, 5.41) is 3.87. The van der Waals surface area contributed by atoms with Crippen LogP contribution >= 0.6 is 23.2 Å². The molecule has 0 aliphatic carbocycles. The Kier molecular flexibility index (Phi) is 9.64. The number of hydrogen-bond acceptors (Lipinski definition) is 6. The SMILES string of the molecule is Cc1ccc(S(=O)(=O)C2(C(=O)NCCCN3CCOCC3)CC(=O)N(Cc3ccc(Cl)c(F)c3)[C@H]2c2c[nH]c3cc(Cl)ccc23)cc1. The van der Waals surface area contributed by atoms with E-state index in [2.05, 4.69) is 15.2 Å². The number of carbonyl (C=O) groups excluding carboxylic acids is 2. The Morgan fingerprint density at radius 2 is 1.83 bits per heavy atom. The first-order valence-corrected chi connectivity index (χ1v) is 17.6. The van der Waals surface area contributed by atoms with Crippen molar-refractivity contribution in [1.29, 1.82) is 0 Å². The van der Waals surface area contributed by atoms with Crippen molar-refractivity contribution in [2.45, 2.75) is 42.0 Å². The highest BCUT2D eigenvalue weighted by atomic mass is 35.5. The van der Waals surface area contributed by atoms with Crippen LogP contribution in [0.15, 0.2) is 71.8 Å². The highest BCUT2D eigenvalue weighted by molar-refractivity contribution is 7.93. The average Bonchev–Trinajstić information content (AvgIpc) is 3.59. The van der Waals surface area contributed by atoms with Crippen LogP contribution in [0.5, 0.6) is 0 Å². The van der Waals surface area contributed by atoms with Gasteiger partial charge in [0.15, 0.2) is 14.6 Å². The third-order valence-electron chi connectivity index (χ3n) is 9.03. The molecule has 2 fully saturated rings. The van der Waals surface area contributed by atoms with E-state index in [1.54, 1.807) is 42.6 Å². The molecule has 4 aromatic rings. The number of likely N-dealkylation sites (tertiary alicyclic amines) is 1. The smallest absolute Gasteiger partial charge is 0.244 e. The van der Waals surface area contributed by atoms with E-state index >= 15 is 0 Å². The van der Waals surface area contributed by atoms with E-state index in [0.717, 1.165) is 18.7 Å². The van der Waals surface area contributed by atoms with Crippen molar-refractivity contribution in [2.75, 3.05) is 39.4 Å². The first-order valence-electron chi connectivity index (χ1n) is 15.4. The van der Waals surface area contributed by atoms with E-state index in [1.807, 2.05) is 6.92 Å². The van der Waals surface area contributed by atoms with Gasteiger partial charge in [-0.3, -0.25) is 14.5 Å². The molecule has 0 bridgehead atoms. The summed E-state index contributed by atoms with van der Waals surface area (Å²) in [4.78, 5) is 35.4. The third-order valence-corrected chi connectivity index (χ3v) is 12.0. The van der Waals surface area contributed by atoms with E-state index in [0.29, 0.717) is 53.2 Å². The lowest BCUT2D eigenvalue weighted by atomic mass is 9.91. The molecule has 1 aromatic heterocycles. The molecule has 248 valence electrons. The minimum absolute atomic E-state index is 0.0772. The van der Waals surface area contributed by atoms with Gasteiger partial charge in [0.1, 0.15) is 5.82 Å². The molecule has 13 heteroatoms. The van der Waals surface area contributed by atoms with Gasteiger partial charge < -0.3 is 19.9 Å². The van der Waals surface area contributed by atoms with Crippen molar-refractivity contribution in [1.82, 2.24) is 20.1 Å². The molecule has 9 nitrogen and oxygen atoms in total. The predicted octanol–water partition coefficient (Wildman–Crippen LogP) is 5.45. The molecule has 2 aliphatic rings. The van der Waals surface area contributed by atoms with Crippen LogP contribution in [-0.4, -0.2) is 79.2 Å². The second-order valence-corrected chi connectivity index (χ2v) is 15.1. The summed E-state index contributed by atoms with van der Waals surface area (Å²) in [7, 11) is -4.54. The zero-order valence-electron chi connectivity index (χ0n) is 25.8. The summed E-state index contributed by atoms with van der Waals surface area (Å²) in [5.41, 5.74) is 2.26. The fourth-order valence-electron chi connectivity index (χ4n) is 6.57. The molecule has 2 N–H and O–H groups in total. The number of H-pyrrole nitrogens is 1. The Morgan fingerprint density at radius 3 is 2.55 bits per heavy atom. The largest absolute Gasteiger partial charge is 0.379 e. The van der Waals surface area contributed by atoms with Crippen LogP contribution in [0.3, 0.4) is 0 Å². The van der Waals surface area contributed by atoms with Gasteiger partial charge in [-0.05, 0) is 61.9 Å². The Morgan fingerprint density at radius 1 is 1.09 bits per heavy atom. The average molecular weight is 702 g/mol. The van der Waals surface area contributed by atoms with E-state index in [4.69, 9.17) is 27.9 Å². The summed E-state index contributed by atoms with van der Waals surface area (Å²) in [6.07, 6.45) is 1.58. The molecular weight excluding hydrogens is 666 g/mol. The van der Waals surface area contributed by atoms with Crippen LogP contribution in [0.4, 0.5) is 4.39 Å². The number of halogens is 3. The van der Waals surface area contributed by atoms with Crippen LogP contribution in [0.25, 0.3) is 10.9 Å². The van der Waals surface area contributed by atoms with E-state index in [9.17, 15) is 22.4 Å². The van der Waals surface area contributed by atoms with Crippen LogP contribution in [0, 0.1) is 12.7 Å². The van der Waals surface area contributed by atoms with Gasteiger partial charge in [-0.15, -0.1) is 0 Å². The van der Waals surface area contributed by atoms with Gasteiger partial charge in [0, 0.05) is 53.9 Å². The van der Waals surface area contributed by atoms with Gasteiger partial charge >= 0.3 is 0 Å². The number of fused-ring (bicyclic) bond motifs is 1. The second-order valence-electron chi connectivity index (χ2n) is 12.1. The standard InChI is InChI=1S/C34H35Cl2FN4O5S/c1-22-3-7-25(8-4-22)47(44,45)34(33(43)38-11-2-12-40-13-15-46-16-14-40)19-31(42)41(21-23-5-10-28(36)29(37)17-23)32(34)27-20-39-30-18-24(35)6-9-26(27)30/h3-10,17-18,20,32,39H,2,11-16,19,21H2,1H3,(H,38,43)/t32-,34?/m0/s1. The summed E-state index contributed by atoms with van der Waals surface area (Å²) in [6, 6.07) is 14.2. The maximum Gasteiger partial charge on any atom is 0.244 e. The summed E-state index contributed by atoms with van der Waals surface area (Å²) < 4.78 is 47.6. The highest BCUT2D eigenvalue weighted by Gasteiger charge is 2.65. The van der Waals surface area contributed by atoms with Crippen LogP contribution in [0.1, 0.15) is 35.6 Å². The van der Waals surface area contributed by atoms with E-state index in [-0.39, 0.29) is 23.0 Å². The molecule has 2 aliphatic heterocycles. The molecule has 2 amide bonds. The topological polar surface area (TPSA) is 112 Å². The highest BCUT2D eigenvalue weighted by Crippen LogP contribution is 2.51. The molecule has 0 spiro atoms. The molecule has 0 saturated carbocycles. The Labute approximate surface area is 282 Å². The fraction of sp³-hybridized carbons (Fsp3) is 0.353. The quantitative estimate of drug-likeness (QED) is 0.213. The van der Waals surface area contributed by atoms with E-state index in [1.165, 1.54) is 29.2 Å². The van der Waals surface area contributed by atoms with E-state index < -0.39 is 44.7 Å². The lowest BCUT2D eigenvalue weighted by molar-refractivity contribution is -0.129. The van der Waals surface area contributed by atoms with Gasteiger partial charge in [-0.2, -0.15) is 0 Å². The third kappa shape index (κ3) is 6.39. The first kappa shape index (κ1) is 33.4. The molecule has 3 heterocycles. The number of aryl methyl sites for hydroxylation is 1. The van der Waals surface area contributed by atoms with Crippen molar-refractivity contribution in [3.8, 4) is 0 Å². The maximum atomic E-state index is 15.0. The Balaban J connectivity index is 1.47. The number of carbonyl (C=O) groups is 2. The monoisotopic (exact) mass is 700 g/mol. The second kappa shape index (κ2) is 13.6. The molecular formula is C34H35Cl2FN4O5S. The lowest BCUT2D eigenvalue weighted by Crippen LogP contribution is -2.56. The van der Waals surface area contributed by atoms with Crippen LogP contribution < -0.4 is 5.32 Å². The summed E-state index contributed by atoms with van der Waals surface area (Å²) in [6.45, 7) is 5.40.